The predicted octanol–water partition coefficient (Wildman–Crippen LogP) is 0.962. The van der Waals surface area contributed by atoms with Crippen molar-refractivity contribution in [2.24, 2.45) is 5.92 Å². The van der Waals surface area contributed by atoms with Gasteiger partial charge in [-0.3, -0.25) is 9.69 Å². The molecule has 0 saturated carbocycles. The molecule has 0 radical (unpaired) electrons. The third-order valence-corrected chi connectivity index (χ3v) is 5.12. The Balaban J connectivity index is 1.49. The molecule has 0 aliphatic carbocycles. The van der Waals surface area contributed by atoms with Crippen LogP contribution >= 0.6 is 0 Å². The predicted molar refractivity (Wildman–Crippen MR) is 94.6 cm³/mol. The average Bonchev–Trinajstić information content (AvgIpc) is 3.04. The number of aliphatic hydroxyl groups is 1. The van der Waals surface area contributed by atoms with Gasteiger partial charge in [-0.2, -0.15) is 0 Å². The standard InChI is InChI=1S/C19H28N2O4/c1-14-3-2-4-17(9-14)25-13-19(23)20-18-11-21(10-15(18)12-22)16-5-7-24-8-6-16/h2-4,9,15-16,18,22H,5-8,10-13H2,1H3,(H,20,23)/t15-,18+/m0/s1. The number of rotatable bonds is 6. The number of nitrogens with zero attached hydrogens (tertiary/aromatic N) is 1. The van der Waals surface area contributed by atoms with Crippen molar-refractivity contribution in [1.29, 1.82) is 0 Å². The lowest BCUT2D eigenvalue weighted by molar-refractivity contribution is -0.124. The van der Waals surface area contributed by atoms with Crippen LogP contribution in [-0.2, 0) is 9.53 Å². The lowest BCUT2D eigenvalue weighted by Gasteiger charge is -2.31. The Morgan fingerprint density at radius 1 is 1.36 bits per heavy atom. The zero-order valence-corrected chi connectivity index (χ0v) is 14.8. The number of hydrogen-bond donors (Lipinski definition) is 2. The van der Waals surface area contributed by atoms with Crippen LogP contribution in [0.25, 0.3) is 0 Å². The fourth-order valence-corrected chi connectivity index (χ4v) is 3.70. The summed E-state index contributed by atoms with van der Waals surface area (Å²) in [7, 11) is 0. The first-order chi connectivity index (χ1) is 12.2. The van der Waals surface area contributed by atoms with Gasteiger partial charge in [0.15, 0.2) is 6.61 Å². The average molecular weight is 348 g/mol. The number of likely N-dealkylation sites (tertiary alicyclic amines) is 1. The molecule has 6 nitrogen and oxygen atoms in total. The van der Waals surface area contributed by atoms with Crippen LogP contribution in [0.4, 0.5) is 0 Å². The molecular weight excluding hydrogens is 320 g/mol. The van der Waals surface area contributed by atoms with Gasteiger partial charge in [0.2, 0.25) is 0 Å². The van der Waals surface area contributed by atoms with E-state index >= 15 is 0 Å². The monoisotopic (exact) mass is 348 g/mol. The van der Waals surface area contributed by atoms with Gasteiger partial charge in [-0.1, -0.05) is 12.1 Å². The molecule has 1 amide bonds. The van der Waals surface area contributed by atoms with Crippen molar-refractivity contribution in [3.63, 3.8) is 0 Å². The molecule has 2 atom stereocenters. The summed E-state index contributed by atoms with van der Waals surface area (Å²) in [6, 6.07) is 8.12. The lowest BCUT2D eigenvalue weighted by Crippen LogP contribution is -2.44. The van der Waals surface area contributed by atoms with Gasteiger partial charge in [0, 0.05) is 50.9 Å². The van der Waals surface area contributed by atoms with Gasteiger partial charge in [0.25, 0.3) is 5.91 Å². The fraction of sp³-hybridized carbons (Fsp3) is 0.632. The number of ether oxygens (including phenoxy) is 2. The second-order valence-corrected chi connectivity index (χ2v) is 7.02. The van der Waals surface area contributed by atoms with Crippen LogP contribution in [0.15, 0.2) is 24.3 Å². The van der Waals surface area contributed by atoms with Gasteiger partial charge in [-0.25, -0.2) is 0 Å². The third kappa shape index (κ3) is 4.93. The second-order valence-electron chi connectivity index (χ2n) is 7.02. The van der Waals surface area contributed by atoms with E-state index in [1.165, 1.54) is 0 Å². The molecule has 2 saturated heterocycles. The molecule has 25 heavy (non-hydrogen) atoms. The van der Waals surface area contributed by atoms with Crippen LogP contribution in [0, 0.1) is 12.8 Å². The van der Waals surface area contributed by atoms with E-state index in [9.17, 15) is 9.90 Å². The number of nitrogens with one attached hydrogen (secondary N) is 1. The molecule has 0 aromatic heterocycles. The third-order valence-electron chi connectivity index (χ3n) is 5.12. The van der Waals surface area contributed by atoms with Crippen LogP contribution in [-0.4, -0.2) is 67.5 Å². The summed E-state index contributed by atoms with van der Waals surface area (Å²) in [5.41, 5.74) is 1.10. The highest BCUT2D eigenvalue weighted by Gasteiger charge is 2.37. The first-order valence-corrected chi connectivity index (χ1v) is 9.07. The van der Waals surface area contributed by atoms with E-state index in [-0.39, 0.29) is 31.1 Å². The molecule has 2 heterocycles. The molecule has 2 aliphatic rings. The minimum absolute atomic E-state index is 0.00459. The van der Waals surface area contributed by atoms with Gasteiger partial charge in [-0.05, 0) is 37.5 Å². The highest BCUT2D eigenvalue weighted by molar-refractivity contribution is 5.78. The van der Waals surface area contributed by atoms with E-state index in [0.717, 1.165) is 44.7 Å². The van der Waals surface area contributed by atoms with Gasteiger partial charge in [0.1, 0.15) is 5.75 Å². The van der Waals surface area contributed by atoms with Crippen molar-refractivity contribution in [3.05, 3.63) is 29.8 Å². The maximum atomic E-state index is 12.2. The number of aryl methyl sites for hydroxylation is 1. The lowest BCUT2D eigenvalue weighted by atomic mass is 10.1. The molecule has 2 aliphatic heterocycles. The zero-order chi connectivity index (χ0) is 17.6. The minimum Gasteiger partial charge on any atom is -0.484 e. The number of carbonyl (C=O) groups is 1. The molecule has 0 bridgehead atoms. The van der Waals surface area contributed by atoms with Gasteiger partial charge >= 0.3 is 0 Å². The van der Waals surface area contributed by atoms with E-state index < -0.39 is 0 Å². The molecule has 2 N–H and O–H groups in total. The molecule has 138 valence electrons. The number of carbonyl (C=O) groups excluding carboxylic acids is 1. The highest BCUT2D eigenvalue weighted by atomic mass is 16.5. The smallest absolute Gasteiger partial charge is 0.258 e. The van der Waals surface area contributed by atoms with Crippen LogP contribution < -0.4 is 10.1 Å². The van der Waals surface area contributed by atoms with Crippen molar-refractivity contribution in [1.82, 2.24) is 10.2 Å². The first-order valence-electron chi connectivity index (χ1n) is 9.07. The number of benzene rings is 1. The van der Waals surface area contributed by atoms with Crippen molar-refractivity contribution < 1.29 is 19.4 Å². The number of amides is 1. The Kier molecular flexibility index (Phi) is 6.29. The van der Waals surface area contributed by atoms with Gasteiger partial charge < -0.3 is 19.9 Å². The van der Waals surface area contributed by atoms with Crippen molar-refractivity contribution in [3.8, 4) is 5.75 Å². The van der Waals surface area contributed by atoms with Crippen molar-refractivity contribution >= 4 is 5.91 Å². The summed E-state index contributed by atoms with van der Waals surface area (Å²) in [6.45, 7) is 5.27. The Labute approximate surface area is 149 Å². The SMILES string of the molecule is Cc1cccc(OCC(=O)N[C@@H]2CN(C3CCOCC3)C[C@H]2CO)c1. The number of aliphatic hydroxyl groups excluding tert-OH is 1. The van der Waals surface area contributed by atoms with Gasteiger partial charge in [-0.15, -0.1) is 0 Å². The van der Waals surface area contributed by atoms with E-state index in [1.807, 2.05) is 31.2 Å². The molecule has 6 heteroatoms. The van der Waals surface area contributed by atoms with Crippen LogP contribution in [0.3, 0.4) is 0 Å². The van der Waals surface area contributed by atoms with Crippen molar-refractivity contribution in [2.75, 3.05) is 39.5 Å². The summed E-state index contributed by atoms with van der Waals surface area (Å²) >= 11 is 0. The van der Waals surface area contributed by atoms with Crippen LogP contribution in [0.5, 0.6) is 5.75 Å². The fourth-order valence-electron chi connectivity index (χ4n) is 3.70. The first kappa shape index (κ1) is 18.2. The Morgan fingerprint density at radius 2 is 2.16 bits per heavy atom. The summed E-state index contributed by atoms with van der Waals surface area (Å²) in [5, 5.41) is 12.7. The molecule has 1 aromatic carbocycles. The maximum absolute atomic E-state index is 12.2. The summed E-state index contributed by atoms with van der Waals surface area (Å²) < 4.78 is 11.0. The molecule has 2 fully saturated rings. The Bertz CT molecular complexity index is 574. The van der Waals surface area contributed by atoms with Crippen LogP contribution in [0.2, 0.25) is 0 Å². The van der Waals surface area contributed by atoms with E-state index in [0.29, 0.717) is 11.8 Å². The molecule has 1 aromatic rings. The van der Waals surface area contributed by atoms with E-state index in [1.54, 1.807) is 0 Å². The number of hydrogen-bond acceptors (Lipinski definition) is 5. The largest absolute Gasteiger partial charge is 0.484 e. The topological polar surface area (TPSA) is 71.0 Å². The molecule has 3 rings (SSSR count). The van der Waals surface area contributed by atoms with E-state index in [2.05, 4.69) is 10.2 Å². The van der Waals surface area contributed by atoms with Gasteiger partial charge in [0.05, 0.1) is 0 Å². The molecule has 0 unspecified atom stereocenters. The zero-order valence-electron chi connectivity index (χ0n) is 14.8. The Morgan fingerprint density at radius 3 is 2.88 bits per heavy atom. The van der Waals surface area contributed by atoms with Crippen LogP contribution in [0.1, 0.15) is 18.4 Å². The Hall–Kier alpha value is -1.63. The minimum atomic E-state index is -0.140. The summed E-state index contributed by atoms with van der Waals surface area (Å²) in [5.74, 6) is 0.633. The molecule has 0 spiro atoms. The molecular formula is C19H28N2O4. The highest BCUT2D eigenvalue weighted by Crippen LogP contribution is 2.24. The second kappa shape index (κ2) is 8.65. The maximum Gasteiger partial charge on any atom is 0.258 e. The summed E-state index contributed by atoms with van der Waals surface area (Å²) in [6.07, 6.45) is 2.05. The van der Waals surface area contributed by atoms with Crippen molar-refractivity contribution in [2.45, 2.75) is 31.8 Å². The normalized spacial score (nSPS) is 25.0. The quantitative estimate of drug-likeness (QED) is 0.801. The summed E-state index contributed by atoms with van der Waals surface area (Å²) in [4.78, 5) is 14.6. The van der Waals surface area contributed by atoms with E-state index in [4.69, 9.17) is 9.47 Å².